The Morgan fingerprint density at radius 2 is 2.43 bits per heavy atom. The van der Waals surface area contributed by atoms with E-state index in [-0.39, 0.29) is 11.8 Å². The molecule has 1 aromatic rings. The number of hydrogen-bond acceptors (Lipinski definition) is 2. The molecule has 2 rings (SSSR count). The Balaban J connectivity index is 2.38. The van der Waals surface area contributed by atoms with Gasteiger partial charge in [-0.2, -0.15) is 5.26 Å². The first-order valence-electron chi connectivity index (χ1n) is 4.51. The molecule has 1 aliphatic carbocycles. The van der Waals surface area contributed by atoms with E-state index in [1.807, 2.05) is 18.2 Å². The number of benzene rings is 1. The van der Waals surface area contributed by atoms with Crippen molar-refractivity contribution in [2.45, 2.75) is 19.3 Å². The highest BCUT2D eigenvalue weighted by Crippen LogP contribution is 2.39. The maximum atomic E-state index is 10.9. The molecule has 0 fully saturated rings. The Bertz CT molecular complexity index is 431. The van der Waals surface area contributed by atoms with E-state index in [0.29, 0.717) is 0 Å². The second kappa shape index (κ2) is 3.15. The number of carbonyl (C=O) groups excluding carboxylic acids is 1. The second-order valence-electron chi connectivity index (χ2n) is 3.45. The minimum Gasteiger partial charge on any atom is -0.326 e. The number of hydrogen-bond donors (Lipinski definition) is 1. The summed E-state index contributed by atoms with van der Waals surface area (Å²) in [6.07, 6.45) is 0.805. The van der Waals surface area contributed by atoms with Crippen molar-refractivity contribution in [1.29, 1.82) is 5.26 Å². The van der Waals surface area contributed by atoms with E-state index in [9.17, 15) is 4.79 Å². The van der Waals surface area contributed by atoms with Gasteiger partial charge in [-0.15, -0.1) is 0 Å². The van der Waals surface area contributed by atoms with E-state index in [2.05, 4.69) is 11.4 Å². The number of carbonyl (C=O) groups is 1. The number of amides is 1. The molecule has 3 nitrogen and oxygen atoms in total. The average molecular weight is 186 g/mol. The first-order valence-corrected chi connectivity index (χ1v) is 4.51. The molecule has 70 valence electrons. The van der Waals surface area contributed by atoms with Crippen molar-refractivity contribution >= 4 is 11.6 Å². The normalized spacial score (nSPS) is 17.6. The third-order valence-corrected chi connectivity index (χ3v) is 2.44. The molecule has 0 saturated heterocycles. The zero-order chi connectivity index (χ0) is 10.1. The van der Waals surface area contributed by atoms with Gasteiger partial charge in [-0.3, -0.25) is 4.79 Å². The summed E-state index contributed by atoms with van der Waals surface area (Å²) < 4.78 is 0. The SMILES string of the molecule is CC(=O)Nc1cccc2c1[C@@H](C#N)C2. The molecule has 1 atom stereocenters. The molecule has 1 aliphatic rings. The standard InChI is InChI=1S/C11H10N2O/c1-7(14)13-10-4-2-3-8-5-9(6-12)11(8)10/h2-4,9H,5H2,1H3,(H,13,14)/t9-/m1/s1. The predicted molar refractivity (Wildman–Crippen MR) is 52.8 cm³/mol. The fraction of sp³-hybridized carbons (Fsp3) is 0.273. The van der Waals surface area contributed by atoms with Gasteiger partial charge in [-0.05, 0) is 23.6 Å². The molecular weight excluding hydrogens is 176 g/mol. The monoisotopic (exact) mass is 186 g/mol. The highest BCUT2D eigenvalue weighted by atomic mass is 16.1. The van der Waals surface area contributed by atoms with Gasteiger partial charge >= 0.3 is 0 Å². The van der Waals surface area contributed by atoms with Crippen molar-refractivity contribution in [3.05, 3.63) is 29.3 Å². The summed E-state index contributed by atoms with van der Waals surface area (Å²) in [5.41, 5.74) is 2.95. The molecule has 0 unspecified atom stereocenters. The molecule has 14 heavy (non-hydrogen) atoms. The topological polar surface area (TPSA) is 52.9 Å². The first-order chi connectivity index (χ1) is 6.72. The van der Waals surface area contributed by atoms with E-state index >= 15 is 0 Å². The van der Waals surface area contributed by atoms with Crippen LogP contribution in [0.25, 0.3) is 0 Å². The van der Waals surface area contributed by atoms with E-state index < -0.39 is 0 Å². The van der Waals surface area contributed by atoms with Gasteiger partial charge in [0.2, 0.25) is 5.91 Å². The Morgan fingerprint density at radius 3 is 3.07 bits per heavy atom. The third kappa shape index (κ3) is 1.25. The molecule has 3 heteroatoms. The number of rotatable bonds is 1. The molecule has 0 aliphatic heterocycles. The Labute approximate surface area is 82.4 Å². The number of nitrogens with one attached hydrogen (secondary N) is 1. The summed E-state index contributed by atoms with van der Waals surface area (Å²) in [7, 11) is 0. The highest BCUT2D eigenvalue weighted by Gasteiger charge is 2.28. The number of anilines is 1. The van der Waals surface area contributed by atoms with Gasteiger partial charge in [0.25, 0.3) is 0 Å². The Morgan fingerprint density at radius 1 is 1.64 bits per heavy atom. The van der Waals surface area contributed by atoms with Crippen LogP contribution in [0.3, 0.4) is 0 Å². The Hall–Kier alpha value is -1.82. The summed E-state index contributed by atoms with van der Waals surface area (Å²) in [5.74, 6) is -0.143. The average Bonchev–Trinajstić information content (AvgIpc) is 2.07. The van der Waals surface area contributed by atoms with Crippen LogP contribution in [0.2, 0.25) is 0 Å². The van der Waals surface area contributed by atoms with Crippen molar-refractivity contribution in [2.75, 3.05) is 5.32 Å². The fourth-order valence-electron chi connectivity index (χ4n) is 1.80. The predicted octanol–water partition coefficient (Wildman–Crippen LogP) is 1.81. The first kappa shape index (κ1) is 8.76. The number of fused-ring (bicyclic) bond motifs is 1. The third-order valence-electron chi connectivity index (χ3n) is 2.44. The minimum atomic E-state index is -0.0954. The maximum absolute atomic E-state index is 10.9. The molecule has 1 amide bonds. The van der Waals surface area contributed by atoms with Crippen LogP contribution in [0.15, 0.2) is 18.2 Å². The molecule has 0 spiro atoms. The molecule has 1 N–H and O–H groups in total. The molecule has 0 bridgehead atoms. The lowest BCUT2D eigenvalue weighted by Crippen LogP contribution is -2.19. The van der Waals surface area contributed by atoms with Crippen LogP contribution in [-0.2, 0) is 11.2 Å². The quantitative estimate of drug-likeness (QED) is 0.727. The Kier molecular flexibility index (Phi) is 1.97. The van der Waals surface area contributed by atoms with E-state index in [1.165, 1.54) is 12.5 Å². The van der Waals surface area contributed by atoms with Gasteiger partial charge < -0.3 is 5.32 Å². The summed E-state index contributed by atoms with van der Waals surface area (Å²) in [6.45, 7) is 1.47. The van der Waals surface area contributed by atoms with E-state index in [1.54, 1.807) is 0 Å². The zero-order valence-electron chi connectivity index (χ0n) is 7.87. The lowest BCUT2D eigenvalue weighted by molar-refractivity contribution is -0.114. The summed E-state index contributed by atoms with van der Waals surface area (Å²) in [4.78, 5) is 10.9. The molecule has 0 heterocycles. The number of nitrogens with zero attached hydrogens (tertiary/aromatic N) is 1. The molecule has 0 aromatic heterocycles. The minimum absolute atomic E-state index is 0.0481. The van der Waals surface area contributed by atoms with Crippen LogP contribution in [0.5, 0.6) is 0 Å². The second-order valence-corrected chi connectivity index (χ2v) is 3.45. The van der Waals surface area contributed by atoms with Gasteiger partial charge in [-0.25, -0.2) is 0 Å². The molecule has 0 radical (unpaired) electrons. The summed E-state index contributed by atoms with van der Waals surface area (Å²) in [5, 5.41) is 11.6. The van der Waals surface area contributed by atoms with Gasteiger partial charge in [0.1, 0.15) is 0 Å². The molecule has 0 saturated carbocycles. The molecule has 1 aromatic carbocycles. The van der Waals surface area contributed by atoms with Crippen LogP contribution in [0.1, 0.15) is 24.0 Å². The fourth-order valence-corrected chi connectivity index (χ4v) is 1.80. The lowest BCUT2D eigenvalue weighted by Gasteiger charge is -2.27. The van der Waals surface area contributed by atoms with Crippen molar-refractivity contribution in [2.24, 2.45) is 0 Å². The van der Waals surface area contributed by atoms with Gasteiger partial charge in [-0.1, -0.05) is 12.1 Å². The number of nitriles is 1. The van der Waals surface area contributed by atoms with Crippen LogP contribution in [-0.4, -0.2) is 5.91 Å². The highest BCUT2D eigenvalue weighted by molar-refractivity contribution is 5.90. The zero-order valence-corrected chi connectivity index (χ0v) is 7.87. The largest absolute Gasteiger partial charge is 0.326 e. The lowest BCUT2D eigenvalue weighted by atomic mass is 9.77. The van der Waals surface area contributed by atoms with Crippen molar-refractivity contribution in [3.63, 3.8) is 0 Å². The van der Waals surface area contributed by atoms with Crippen LogP contribution < -0.4 is 5.32 Å². The van der Waals surface area contributed by atoms with E-state index in [0.717, 1.165) is 17.7 Å². The van der Waals surface area contributed by atoms with Crippen molar-refractivity contribution in [3.8, 4) is 6.07 Å². The smallest absolute Gasteiger partial charge is 0.221 e. The van der Waals surface area contributed by atoms with Gasteiger partial charge in [0, 0.05) is 12.6 Å². The van der Waals surface area contributed by atoms with Gasteiger partial charge in [0.05, 0.1) is 12.0 Å². The van der Waals surface area contributed by atoms with Crippen molar-refractivity contribution < 1.29 is 4.79 Å². The summed E-state index contributed by atoms with van der Waals surface area (Å²) >= 11 is 0. The van der Waals surface area contributed by atoms with E-state index in [4.69, 9.17) is 5.26 Å². The van der Waals surface area contributed by atoms with Crippen LogP contribution in [0.4, 0.5) is 5.69 Å². The maximum Gasteiger partial charge on any atom is 0.221 e. The summed E-state index contributed by atoms with van der Waals surface area (Å²) in [6, 6.07) is 7.95. The van der Waals surface area contributed by atoms with Crippen LogP contribution in [0, 0.1) is 11.3 Å². The van der Waals surface area contributed by atoms with Gasteiger partial charge in [0.15, 0.2) is 0 Å². The molecular formula is C11H10N2O. The van der Waals surface area contributed by atoms with Crippen molar-refractivity contribution in [1.82, 2.24) is 0 Å². The van der Waals surface area contributed by atoms with Crippen LogP contribution >= 0.6 is 0 Å².